The highest BCUT2D eigenvalue weighted by Crippen LogP contribution is 2.17. The Morgan fingerprint density at radius 2 is 2.11 bits per heavy atom. The first kappa shape index (κ1) is 14.2. The molecule has 0 saturated carbocycles. The van der Waals surface area contributed by atoms with Gasteiger partial charge in [0, 0.05) is 5.38 Å². The number of hydrogen-bond donors (Lipinski definition) is 1. The average Bonchev–Trinajstić information content (AvgIpc) is 2.91. The average molecular weight is 274 g/mol. The summed E-state index contributed by atoms with van der Waals surface area (Å²) in [5.74, 6) is 0.614. The highest BCUT2D eigenvalue weighted by molar-refractivity contribution is 7.07. The van der Waals surface area contributed by atoms with Crippen LogP contribution < -0.4 is 5.32 Å². The van der Waals surface area contributed by atoms with E-state index in [0.717, 1.165) is 25.9 Å². The topological polar surface area (TPSA) is 24.9 Å². The lowest BCUT2D eigenvalue weighted by atomic mass is 9.92. The molecule has 0 radical (unpaired) electrons. The first-order valence-electron chi connectivity index (χ1n) is 6.92. The number of aromatic nitrogens is 1. The fourth-order valence-corrected chi connectivity index (χ4v) is 2.92. The summed E-state index contributed by atoms with van der Waals surface area (Å²) in [5, 5.41) is 5.64. The summed E-state index contributed by atoms with van der Waals surface area (Å²) >= 11 is 1.68. The number of benzene rings is 1. The Labute approximate surface area is 119 Å². The minimum Gasteiger partial charge on any atom is -0.317 e. The smallest absolute Gasteiger partial charge is 0.0794 e. The molecule has 19 heavy (non-hydrogen) atoms. The number of nitrogens with one attached hydrogen (secondary N) is 1. The molecular formula is C16H22N2S. The van der Waals surface area contributed by atoms with Gasteiger partial charge in [0.15, 0.2) is 0 Å². The molecule has 1 heterocycles. The molecule has 1 N–H and O–H groups in total. The zero-order valence-corrected chi connectivity index (χ0v) is 12.5. The molecule has 1 unspecified atom stereocenters. The molecule has 0 aliphatic carbocycles. The van der Waals surface area contributed by atoms with E-state index in [9.17, 15) is 0 Å². The maximum atomic E-state index is 4.42. The van der Waals surface area contributed by atoms with E-state index in [-0.39, 0.29) is 0 Å². The Morgan fingerprint density at radius 1 is 1.26 bits per heavy atom. The Bertz CT molecular complexity index is 479. The predicted molar refractivity (Wildman–Crippen MR) is 82.7 cm³/mol. The number of aryl methyl sites for hydroxylation is 1. The van der Waals surface area contributed by atoms with E-state index in [1.54, 1.807) is 11.3 Å². The van der Waals surface area contributed by atoms with Crippen LogP contribution in [0.2, 0.25) is 0 Å². The molecular weight excluding hydrogens is 252 g/mol. The fourth-order valence-electron chi connectivity index (χ4n) is 2.35. The highest BCUT2D eigenvalue weighted by atomic mass is 32.1. The van der Waals surface area contributed by atoms with Crippen molar-refractivity contribution in [1.82, 2.24) is 10.3 Å². The molecule has 1 aromatic heterocycles. The minimum atomic E-state index is 0.614. The lowest BCUT2D eigenvalue weighted by molar-refractivity contribution is 0.474. The van der Waals surface area contributed by atoms with Crippen molar-refractivity contribution in [1.29, 1.82) is 0 Å². The van der Waals surface area contributed by atoms with Crippen LogP contribution in [0, 0.1) is 12.8 Å². The maximum Gasteiger partial charge on any atom is 0.0794 e. The van der Waals surface area contributed by atoms with Crippen molar-refractivity contribution >= 4 is 11.3 Å². The molecule has 0 aliphatic rings. The second kappa shape index (κ2) is 7.41. The lowest BCUT2D eigenvalue weighted by Gasteiger charge is -2.17. The summed E-state index contributed by atoms with van der Waals surface area (Å²) in [6, 6.07) is 8.69. The van der Waals surface area contributed by atoms with Crippen LogP contribution in [0.5, 0.6) is 0 Å². The molecule has 1 atom stereocenters. The number of thiazole rings is 1. The normalized spacial score (nSPS) is 12.5. The van der Waals surface area contributed by atoms with Gasteiger partial charge < -0.3 is 5.32 Å². The van der Waals surface area contributed by atoms with Crippen LogP contribution in [-0.2, 0) is 12.8 Å². The first-order valence-corrected chi connectivity index (χ1v) is 7.86. The standard InChI is InChI=1S/C16H22N2S/c1-3-17-10-14(9-16-11-19-12-18-16)8-15-7-5-4-6-13(15)2/h4-7,11-12,14,17H,3,8-10H2,1-2H3. The van der Waals surface area contributed by atoms with Crippen molar-refractivity contribution < 1.29 is 0 Å². The second-order valence-corrected chi connectivity index (χ2v) is 5.71. The van der Waals surface area contributed by atoms with E-state index < -0.39 is 0 Å². The zero-order valence-electron chi connectivity index (χ0n) is 11.7. The molecule has 0 bridgehead atoms. The Hall–Kier alpha value is -1.19. The fraction of sp³-hybridized carbons (Fsp3) is 0.438. The third-order valence-corrected chi connectivity index (χ3v) is 4.07. The van der Waals surface area contributed by atoms with Gasteiger partial charge in [0.2, 0.25) is 0 Å². The molecule has 0 amide bonds. The van der Waals surface area contributed by atoms with E-state index in [4.69, 9.17) is 0 Å². The summed E-state index contributed by atoms with van der Waals surface area (Å²) in [5.41, 5.74) is 6.00. The molecule has 2 rings (SSSR count). The zero-order chi connectivity index (χ0) is 13.5. The lowest BCUT2D eigenvalue weighted by Crippen LogP contribution is -2.26. The Kier molecular flexibility index (Phi) is 5.55. The minimum absolute atomic E-state index is 0.614. The molecule has 102 valence electrons. The summed E-state index contributed by atoms with van der Waals surface area (Å²) in [6.07, 6.45) is 2.18. The third-order valence-electron chi connectivity index (χ3n) is 3.43. The summed E-state index contributed by atoms with van der Waals surface area (Å²) in [7, 11) is 0. The summed E-state index contributed by atoms with van der Waals surface area (Å²) < 4.78 is 0. The maximum absolute atomic E-state index is 4.42. The monoisotopic (exact) mass is 274 g/mol. The van der Waals surface area contributed by atoms with Gasteiger partial charge in [-0.25, -0.2) is 4.98 Å². The van der Waals surface area contributed by atoms with E-state index in [2.05, 4.69) is 53.8 Å². The number of rotatable bonds is 7. The molecule has 1 aromatic carbocycles. The summed E-state index contributed by atoms with van der Waals surface area (Å²) in [4.78, 5) is 4.42. The van der Waals surface area contributed by atoms with Crippen LogP contribution in [0.1, 0.15) is 23.7 Å². The van der Waals surface area contributed by atoms with Gasteiger partial charge in [-0.2, -0.15) is 0 Å². The molecule has 0 fully saturated rings. The number of hydrogen-bond acceptors (Lipinski definition) is 3. The summed E-state index contributed by atoms with van der Waals surface area (Å²) in [6.45, 7) is 6.44. The van der Waals surface area contributed by atoms with Gasteiger partial charge in [0.05, 0.1) is 11.2 Å². The van der Waals surface area contributed by atoms with Crippen LogP contribution in [-0.4, -0.2) is 18.1 Å². The quantitative estimate of drug-likeness (QED) is 0.836. The van der Waals surface area contributed by atoms with Crippen molar-refractivity contribution in [3.63, 3.8) is 0 Å². The van der Waals surface area contributed by atoms with Crippen LogP contribution in [0.25, 0.3) is 0 Å². The van der Waals surface area contributed by atoms with Gasteiger partial charge in [0.1, 0.15) is 0 Å². The molecule has 0 spiro atoms. The van der Waals surface area contributed by atoms with E-state index >= 15 is 0 Å². The Balaban J connectivity index is 2.03. The highest BCUT2D eigenvalue weighted by Gasteiger charge is 2.12. The van der Waals surface area contributed by atoms with Crippen molar-refractivity contribution in [3.8, 4) is 0 Å². The molecule has 3 heteroatoms. The van der Waals surface area contributed by atoms with Gasteiger partial charge in [-0.15, -0.1) is 11.3 Å². The van der Waals surface area contributed by atoms with Crippen LogP contribution in [0.15, 0.2) is 35.2 Å². The van der Waals surface area contributed by atoms with Gasteiger partial charge >= 0.3 is 0 Å². The van der Waals surface area contributed by atoms with Crippen molar-refractivity contribution in [2.45, 2.75) is 26.7 Å². The van der Waals surface area contributed by atoms with Gasteiger partial charge in [-0.1, -0.05) is 31.2 Å². The molecule has 2 nitrogen and oxygen atoms in total. The SMILES string of the molecule is CCNCC(Cc1cscn1)Cc1ccccc1C. The Morgan fingerprint density at radius 3 is 2.79 bits per heavy atom. The third kappa shape index (κ3) is 4.44. The van der Waals surface area contributed by atoms with Crippen molar-refractivity contribution in [3.05, 3.63) is 52.0 Å². The van der Waals surface area contributed by atoms with Crippen molar-refractivity contribution in [2.75, 3.05) is 13.1 Å². The van der Waals surface area contributed by atoms with Crippen LogP contribution >= 0.6 is 11.3 Å². The van der Waals surface area contributed by atoms with E-state index in [1.165, 1.54) is 16.8 Å². The molecule has 2 aromatic rings. The van der Waals surface area contributed by atoms with Gasteiger partial charge in [-0.3, -0.25) is 0 Å². The largest absolute Gasteiger partial charge is 0.317 e. The van der Waals surface area contributed by atoms with Gasteiger partial charge in [-0.05, 0) is 49.9 Å². The first-order chi connectivity index (χ1) is 9.29. The van der Waals surface area contributed by atoms with Crippen LogP contribution in [0.4, 0.5) is 0 Å². The van der Waals surface area contributed by atoms with E-state index in [1.807, 2.05) is 5.51 Å². The van der Waals surface area contributed by atoms with Crippen LogP contribution in [0.3, 0.4) is 0 Å². The molecule has 0 saturated heterocycles. The van der Waals surface area contributed by atoms with Gasteiger partial charge in [0.25, 0.3) is 0 Å². The second-order valence-electron chi connectivity index (χ2n) is 4.99. The van der Waals surface area contributed by atoms with Crippen molar-refractivity contribution in [2.24, 2.45) is 5.92 Å². The molecule has 0 aliphatic heterocycles. The number of nitrogens with zero attached hydrogens (tertiary/aromatic N) is 1. The predicted octanol–water partition coefficient (Wildman–Crippen LogP) is 3.46. The van der Waals surface area contributed by atoms with E-state index in [0.29, 0.717) is 5.92 Å².